The summed E-state index contributed by atoms with van der Waals surface area (Å²) in [6.07, 6.45) is 0.384. The van der Waals surface area contributed by atoms with Crippen molar-refractivity contribution in [3.63, 3.8) is 0 Å². The van der Waals surface area contributed by atoms with Crippen LogP contribution in [0.3, 0.4) is 0 Å². The van der Waals surface area contributed by atoms with Crippen LogP contribution in [0.5, 0.6) is 0 Å². The summed E-state index contributed by atoms with van der Waals surface area (Å²) in [6.45, 7) is 9.02. The Hall–Kier alpha value is -2.66. The molecule has 11 heteroatoms. The van der Waals surface area contributed by atoms with E-state index >= 15 is 0 Å². The Balaban J connectivity index is 2.09. The summed E-state index contributed by atoms with van der Waals surface area (Å²) in [6, 6.07) is 4.09. The van der Waals surface area contributed by atoms with Gasteiger partial charge in [-0.3, -0.25) is 15.0 Å². The molecule has 0 spiro atoms. The molecule has 0 aromatic heterocycles. The second kappa shape index (κ2) is 9.00. The van der Waals surface area contributed by atoms with Gasteiger partial charge in [0, 0.05) is 18.8 Å². The third-order valence-electron chi connectivity index (χ3n) is 5.17. The monoisotopic (exact) mass is 439 g/mol. The number of hydrazine groups is 1. The summed E-state index contributed by atoms with van der Waals surface area (Å²) in [7, 11) is -3.66. The van der Waals surface area contributed by atoms with Crippen molar-refractivity contribution in [1.29, 1.82) is 0 Å². The number of nitrogens with zero attached hydrogens (tertiary/aromatic N) is 2. The number of sulfonamides is 1. The first-order valence-corrected chi connectivity index (χ1v) is 11.2. The first-order valence-electron chi connectivity index (χ1n) is 9.81. The molecule has 2 rings (SSSR count). The summed E-state index contributed by atoms with van der Waals surface area (Å²) in [4.78, 5) is 36.7. The smallest absolute Gasteiger partial charge is 0.344 e. The van der Waals surface area contributed by atoms with Crippen LogP contribution in [0.1, 0.15) is 39.7 Å². The van der Waals surface area contributed by atoms with Crippen molar-refractivity contribution in [1.82, 2.24) is 20.1 Å². The molecule has 1 aromatic rings. The van der Waals surface area contributed by atoms with Crippen LogP contribution < -0.4 is 16.1 Å². The fourth-order valence-corrected chi connectivity index (χ4v) is 4.77. The van der Waals surface area contributed by atoms with E-state index < -0.39 is 33.4 Å². The van der Waals surface area contributed by atoms with Crippen molar-refractivity contribution in [2.45, 2.75) is 51.5 Å². The number of amides is 4. The molecule has 30 heavy (non-hydrogen) atoms. The molecule has 0 bridgehead atoms. The Bertz CT molecular complexity index is 945. The van der Waals surface area contributed by atoms with Gasteiger partial charge in [0.05, 0.1) is 11.4 Å². The van der Waals surface area contributed by atoms with Crippen molar-refractivity contribution in [3.8, 4) is 0 Å². The zero-order valence-electron chi connectivity index (χ0n) is 17.9. The molecule has 1 aromatic carbocycles. The number of aryl methyl sites for hydroxylation is 1. The Morgan fingerprint density at radius 3 is 2.37 bits per heavy atom. The third-order valence-corrected chi connectivity index (χ3v) is 7.36. The van der Waals surface area contributed by atoms with Crippen molar-refractivity contribution in [2.24, 2.45) is 0 Å². The minimum Gasteiger partial charge on any atom is -0.376 e. The SMILES string of the molecule is CCN(CC)S(=O)(=O)c1cc(NCC(=O)NN2C(=O)NC(C)(CC)C2=O)ccc1C. The Morgan fingerprint density at radius 1 is 1.20 bits per heavy atom. The number of hydrogen-bond donors (Lipinski definition) is 3. The van der Waals surface area contributed by atoms with Gasteiger partial charge in [0.1, 0.15) is 5.54 Å². The van der Waals surface area contributed by atoms with E-state index in [0.29, 0.717) is 35.8 Å². The number of nitrogens with one attached hydrogen (secondary N) is 3. The lowest BCUT2D eigenvalue weighted by Crippen LogP contribution is -2.50. The number of benzene rings is 1. The zero-order chi connectivity index (χ0) is 22.7. The van der Waals surface area contributed by atoms with E-state index in [1.807, 2.05) is 0 Å². The largest absolute Gasteiger partial charge is 0.376 e. The standard InChI is InChI=1S/C19H29N5O5S/c1-6-19(5)17(26)24(18(27)21-19)22-16(25)12-20-14-10-9-13(4)15(11-14)30(28,29)23(7-2)8-3/h9-11,20H,6-8,12H2,1-5H3,(H,21,27)(H,22,25). The Labute approximate surface area is 177 Å². The fraction of sp³-hybridized carbons (Fsp3) is 0.526. The highest BCUT2D eigenvalue weighted by atomic mass is 32.2. The van der Waals surface area contributed by atoms with Gasteiger partial charge in [-0.1, -0.05) is 26.8 Å². The minimum atomic E-state index is -3.66. The summed E-state index contributed by atoms with van der Waals surface area (Å²) in [5, 5.41) is 6.04. The molecule has 1 saturated heterocycles. The highest BCUT2D eigenvalue weighted by molar-refractivity contribution is 7.89. The van der Waals surface area contributed by atoms with Crippen LogP contribution in [-0.4, -0.2) is 60.8 Å². The molecule has 0 aliphatic carbocycles. The molecule has 1 aliphatic rings. The molecule has 1 fully saturated rings. The van der Waals surface area contributed by atoms with Gasteiger partial charge in [0.2, 0.25) is 10.0 Å². The van der Waals surface area contributed by atoms with Crippen molar-refractivity contribution in [3.05, 3.63) is 23.8 Å². The molecule has 0 radical (unpaired) electrons. The molecule has 1 aliphatic heterocycles. The van der Waals surface area contributed by atoms with E-state index in [9.17, 15) is 22.8 Å². The highest BCUT2D eigenvalue weighted by Gasteiger charge is 2.47. The van der Waals surface area contributed by atoms with Gasteiger partial charge in [-0.05, 0) is 38.0 Å². The second-order valence-corrected chi connectivity index (χ2v) is 9.12. The predicted molar refractivity (Wildman–Crippen MR) is 112 cm³/mol. The number of rotatable bonds is 9. The van der Waals surface area contributed by atoms with Crippen LogP contribution >= 0.6 is 0 Å². The van der Waals surface area contributed by atoms with E-state index in [4.69, 9.17) is 0 Å². The third kappa shape index (κ3) is 4.57. The van der Waals surface area contributed by atoms with E-state index in [-0.39, 0.29) is 11.4 Å². The first-order chi connectivity index (χ1) is 14.0. The summed E-state index contributed by atoms with van der Waals surface area (Å²) >= 11 is 0. The van der Waals surface area contributed by atoms with Gasteiger partial charge in [-0.15, -0.1) is 0 Å². The predicted octanol–water partition coefficient (Wildman–Crippen LogP) is 1.19. The van der Waals surface area contributed by atoms with Crippen LogP contribution in [0.2, 0.25) is 0 Å². The average Bonchev–Trinajstić information content (AvgIpc) is 2.91. The molecule has 0 saturated carbocycles. The van der Waals surface area contributed by atoms with Crippen LogP contribution in [-0.2, 0) is 19.6 Å². The van der Waals surface area contributed by atoms with Gasteiger partial charge in [0.25, 0.3) is 11.8 Å². The molecule has 1 unspecified atom stereocenters. The van der Waals surface area contributed by atoms with Crippen molar-refractivity contribution >= 4 is 33.6 Å². The maximum atomic E-state index is 12.8. The molecule has 3 N–H and O–H groups in total. The molecular formula is C19H29N5O5S. The fourth-order valence-electron chi connectivity index (χ4n) is 3.06. The minimum absolute atomic E-state index is 0.157. The van der Waals surface area contributed by atoms with Crippen molar-refractivity contribution in [2.75, 3.05) is 25.0 Å². The quantitative estimate of drug-likeness (QED) is 0.496. The van der Waals surface area contributed by atoms with Gasteiger partial charge in [0.15, 0.2) is 0 Å². The molecule has 166 valence electrons. The number of anilines is 1. The number of carbonyl (C=O) groups is 3. The lowest BCUT2D eigenvalue weighted by molar-refractivity contribution is -0.138. The van der Waals surface area contributed by atoms with Crippen molar-refractivity contribution < 1.29 is 22.8 Å². The Kier molecular flexibility index (Phi) is 7.09. The topological polar surface area (TPSA) is 128 Å². The summed E-state index contributed by atoms with van der Waals surface area (Å²) in [5.41, 5.74) is 2.24. The average molecular weight is 440 g/mol. The number of urea groups is 1. The molecule has 1 atom stereocenters. The van der Waals surface area contributed by atoms with E-state index in [1.165, 1.54) is 10.4 Å². The molecular weight excluding hydrogens is 410 g/mol. The molecule has 4 amide bonds. The van der Waals surface area contributed by atoms with Gasteiger partial charge in [-0.25, -0.2) is 13.2 Å². The van der Waals surface area contributed by atoms with E-state index in [2.05, 4.69) is 16.1 Å². The van der Waals surface area contributed by atoms with Gasteiger partial charge >= 0.3 is 6.03 Å². The number of carbonyl (C=O) groups excluding carboxylic acids is 3. The molecule has 10 nitrogen and oxygen atoms in total. The van der Waals surface area contributed by atoms with Crippen LogP contribution in [0, 0.1) is 6.92 Å². The highest BCUT2D eigenvalue weighted by Crippen LogP contribution is 2.23. The lowest BCUT2D eigenvalue weighted by Gasteiger charge is -2.21. The first kappa shape index (κ1) is 23.6. The maximum Gasteiger partial charge on any atom is 0.344 e. The Morgan fingerprint density at radius 2 is 1.83 bits per heavy atom. The van der Waals surface area contributed by atoms with Crippen LogP contribution in [0.25, 0.3) is 0 Å². The second-order valence-electron chi connectivity index (χ2n) is 7.21. The summed E-state index contributed by atoms with van der Waals surface area (Å²) in [5.74, 6) is -1.15. The van der Waals surface area contributed by atoms with Gasteiger partial charge in [-0.2, -0.15) is 9.31 Å². The lowest BCUT2D eigenvalue weighted by atomic mass is 10.00. The zero-order valence-corrected chi connectivity index (χ0v) is 18.7. The number of imide groups is 1. The van der Waals surface area contributed by atoms with E-state index in [0.717, 1.165) is 0 Å². The van der Waals surface area contributed by atoms with Crippen LogP contribution in [0.15, 0.2) is 23.1 Å². The van der Waals surface area contributed by atoms with Crippen LogP contribution in [0.4, 0.5) is 10.5 Å². The van der Waals surface area contributed by atoms with E-state index in [1.54, 1.807) is 46.8 Å². The number of hydrogen-bond acceptors (Lipinski definition) is 6. The summed E-state index contributed by atoms with van der Waals surface area (Å²) < 4.78 is 27.0. The normalized spacial score (nSPS) is 19.2. The molecule has 1 heterocycles. The maximum absolute atomic E-state index is 12.8. The van der Waals surface area contributed by atoms with Gasteiger partial charge < -0.3 is 10.6 Å².